The molecule has 0 saturated carbocycles. The molecule has 0 heterocycles. The highest BCUT2D eigenvalue weighted by Crippen LogP contribution is 2.12. The number of guanidine groups is 2. The fraction of sp³-hybridized carbons (Fsp3) is 0.333. The van der Waals surface area contributed by atoms with Gasteiger partial charge in [0.2, 0.25) is 5.96 Å². The van der Waals surface area contributed by atoms with E-state index in [1.54, 1.807) is 0 Å². The van der Waals surface area contributed by atoms with Crippen LogP contribution >= 0.6 is 0 Å². The molecule has 0 aliphatic rings. The number of rotatable bonds is 4. The quantitative estimate of drug-likeness (QED) is 0.528. The van der Waals surface area contributed by atoms with E-state index in [-0.39, 0.29) is 18.0 Å². The third kappa shape index (κ3) is 5.20. The first-order valence-electron chi connectivity index (χ1n) is 5.59. The third-order valence-corrected chi connectivity index (χ3v) is 2.08. The van der Waals surface area contributed by atoms with Gasteiger partial charge < -0.3 is 21.9 Å². The highest BCUT2D eigenvalue weighted by molar-refractivity contribution is 5.92. The van der Waals surface area contributed by atoms with Crippen LogP contribution in [0.1, 0.15) is 12.5 Å². The first-order chi connectivity index (χ1) is 8.47. The van der Waals surface area contributed by atoms with Gasteiger partial charge >= 0.3 is 0 Å². The fourth-order valence-corrected chi connectivity index (χ4v) is 1.35. The number of hydrogen-bond acceptors (Lipinski definition) is 2. The lowest BCUT2D eigenvalue weighted by molar-refractivity contribution is 0.297. The zero-order valence-corrected chi connectivity index (χ0v) is 10.6. The summed E-state index contributed by atoms with van der Waals surface area (Å²) in [5, 5.41) is 0. The molecule has 1 rings (SSSR count). The van der Waals surface area contributed by atoms with Crippen molar-refractivity contribution in [1.29, 1.82) is 0 Å². The van der Waals surface area contributed by atoms with Crippen LogP contribution in [-0.2, 0) is 0 Å². The molecule has 1 aromatic rings. The lowest BCUT2D eigenvalue weighted by Crippen LogP contribution is -2.27. The molecular weight excluding hydrogens is 230 g/mol. The van der Waals surface area contributed by atoms with Crippen LogP contribution in [0.4, 0.5) is 0 Å². The molecule has 6 heteroatoms. The lowest BCUT2D eigenvalue weighted by atomic mass is 10.2. The highest BCUT2D eigenvalue weighted by Gasteiger charge is 2.02. The average Bonchev–Trinajstić information content (AvgIpc) is 2.25. The molecule has 0 bridgehead atoms. The summed E-state index contributed by atoms with van der Waals surface area (Å²) >= 11 is 0. The van der Waals surface area contributed by atoms with E-state index < -0.39 is 0 Å². The van der Waals surface area contributed by atoms with Crippen LogP contribution in [0.3, 0.4) is 0 Å². The molecule has 0 aromatic heterocycles. The third-order valence-electron chi connectivity index (χ3n) is 2.08. The van der Waals surface area contributed by atoms with Crippen LogP contribution < -0.4 is 21.9 Å². The molecule has 0 radical (unpaired) electrons. The van der Waals surface area contributed by atoms with Crippen LogP contribution in [0.25, 0.3) is 0 Å². The zero-order chi connectivity index (χ0) is 13.5. The summed E-state index contributed by atoms with van der Waals surface area (Å²) in [6.45, 7) is 4.28. The minimum atomic E-state index is -0.131. The minimum absolute atomic E-state index is 0.0512. The summed E-state index contributed by atoms with van der Waals surface area (Å²) in [6.07, 6.45) is 0. The molecule has 1 unspecified atom stereocenters. The molecule has 98 valence electrons. The number of ether oxygens (including phenoxy) is 1. The molecule has 6 nitrogen and oxygen atoms in total. The van der Waals surface area contributed by atoms with Crippen LogP contribution in [0.5, 0.6) is 5.75 Å². The van der Waals surface area contributed by atoms with Crippen molar-refractivity contribution >= 4 is 11.9 Å². The van der Waals surface area contributed by atoms with Crippen molar-refractivity contribution in [3.8, 4) is 5.75 Å². The van der Waals surface area contributed by atoms with E-state index in [1.807, 2.05) is 38.1 Å². The Labute approximate surface area is 107 Å². The van der Waals surface area contributed by atoms with Gasteiger partial charge in [-0.15, -0.1) is 0 Å². The van der Waals surface area contributed by atoms with Crippen molar-refractivity contribution in [2.24, 2.45) is 27.2 Å². The second kappa shape index (κ2) is 6.48. The number of aryl methyl sites for hydroxylation is 1. The minimum Gasteiger partial charge on any atom is -0.491 e. The molecule has 6 N–H and O–H groups in total. The van der Waals surface area contributed by atoms with E-state index in [9.17, 15) is 0 Å². The molecule has 0 fully saturated rings. The van der Waals surface area contributed by atoms with Crippen LogP contribution in [-0.4, -0.2) is 24.6 Å². The standard InChI is InChI=1S/C12H19N5O/c1-8-4-3-5-10(6-8)18-7-9(2)16-12(15)17-11(13)14/h3-6,9H,7H2,1-2H3,(H6,13,14,15,16,17). The second-order valence-electron chi connectivity index (χ2n) is 4.00. The molecule has 0 saturated heterocycles. The molecule has 1 atom stereocenters. The summed E-state index contributed by atoms with van der Waals surface area (Å²) < 4.78 is 5.58. The molecule has 18 heavy (non-hydrogen) atoms. The molecule has 0 amide bonds. The van der Waals surface area contributed by atoms with Gasteiger partial charge in [0.25, 0.3) is 0 Å². The summed E-state index contributed by atoms with van der Waals surface area (Å²) in [6, 6.07) is 7.66. The van der Waals surface area contributed by atoms with E-state index in [0.29, 0.717) is 6.61 Å². The van der Waals surface area contributed by atoms with Crippen molar-refractivity contribution in [2.45, 2.75) is 19.9 Å². The molecule has 0 spiro atoms. The Morgan fingerprint density at radius 1 is 1.33 bits per heavy atom. The number of nitrogens with zero attached hydrogens (tertiary/aromatic N) is 2. The van der Waals surface area contributed by atoms with Gasteiger partial charge in [0.15, 0.2) is 5.96 Å². The van der Waals surface area contributed by atoms with Gasteiger partial charge in [-0.3, -0.25) is 0 Å². The van der Waals surface area contributed by atoms with Crippen molar-refractivity contribution in [2.75, 3.05) is 6.61 Å². The highest BCUT2D eigenvalue weighted by atomic mass is 16.5. The molecule has 0 aliphatic carbocycles. The van der Waals surface area contributed by atoms with Gasteiger partial charge in [-0.1, -0.05) is 12.1 Å². The smallest absolute Gasteiger partial charge is 0.218 e. The normalized spacial score (nSPS) is 12.9. The van der Waals surface area contributed by atoms with Gasteiger partial charge in [0.1, 0.15) is 12.4 Å². The Morgan fingerprint density at radius 3 is 2.67 bits per heavy atom. The van der Waals surface area contributed by atoms with Crippen molar-refractivity contribution < 1.29 is 4.74 Å². The van der Waals surface area contributed by atoms with Gasteiger partial charge in [0.05, 0.1) is 6.04 Å². The first-order valence-corrected chi connectivity index (χ1v) is 5.59. The largest absolute Gasteiger partial charge is 0.491 e. The van der Waals surface area contributed by atoms with Gasteiger partial charge in [0, 0.05) is 0 Å². The topological polar surface area (TPSA) is 112 Å². The van der Waals surface area contributed by atoms with Gasteiger partial charge in [-0.25, -0.2) is 4.99 Å². The lowest BCUT2D eigenvalue weighted by Gasteiger charge is -2.10. The average molecular weight is 249 g/mol. The van der Waals surface area contributed by atoms with Gasteiger partial charge in [-0.2, -0.15) is 4.99 Å². The van der Waals surface area contributed by atoms with E-state index in [0.717, 1.165) is 11.3 Å². The maximum absolute atomic E-state index is 5.58. The predicted octanol–water partition coefficient (Wildman–Crippen LogP) is 0.350. The van der Waals surface area contributed by atoms with E-state index in [1.165, 1.54) is 0 Å². The van der Waals surface area contributed by atoms with Crippen LogP contribution in [0.15, 0.2) is 34.3 Å². The number of hydrogen-bond donors (Lipinski definition) is 3. The summed E-state index contributed by atoms with van der Waals surface area (Å²) in [5.74, 6) is 0.746. The SMILES string of the molecule is Cc1cccc(OCC(C)N=C(N)N=C(N)N)c1. The van der Waals surface area contributed by atoms with Crippen LogP contribution in [0, 0.1) is 6.92 Å². The number of aliphatic imine (C=N–C) groups is 2. The van der Waals surface area contributed by atoms with Crippen molar-refractivity contribution in [3.63, 3.8) is 0 Å². The van der Waals surface area contributed by atoms with Crippen molar-refractivity contribution in [1.82, 2.24) is 0 Å². The van der Waals surface area contributed by atoms with Gasteiger partial charge in [-0.05, 0) is 31.5 Å². The Morgan fingerprint density at radius 2 is 2.06 bits per heavy atom. The summed E-state index contributed by atoms with van der Waals surface area (Å²) in [7, 11) is 0. The van der Waals surface area contributed by atoms with E-state index >= 15 is 0 Å². The Balaban J connectivity index is 2.51. The monoisotopic (exact) mass is 249 g/mol. The maximum atomic E-state index is 5.58. The summed E-state index contributed by atoms with van der Waals surface area (Å²) in [5.41, 5.74) is 17.0. The van der Waals surface area contributed by atoms with E-state index in [2.05, 4.69) is 9.98 Å². The summed E-state index contributed by atoms with van der Waals surface area (Å²) in [4.78, 5) is 7.71. The van der Waals surface area contributed by atoms with Crippen molar-refractivity contribution in [3.05, 3.63) is 29.8 Å². The first kappa shape index (κ1) is 13.8. The second-order valence-corrected chi connectivity index (χ2v) is 4.00. The number of benzene rings is 1. The number of nitrogens with two attached hydrogens (primary N) is 3. The molecule has 0 aliphatic heterocycles. The molecular formula is C12H19N5O. The molecule has 1 aromatic carbocycles. The Kier molecular flexibility index (Phi) is 4.98. The Bertz CT molecular complexity index is 452. The Hall–Kier alpha value is -2.24. The zero-order valence-electron chi connectivity index (χ0n) is 10.6. The predicted molar refractivity (Wildman–Crippen MR) is 73.6 cm³/mol. The maximum Gasteiger partial charge on any atom is 0.218 e. The fourth-order valence-electron chi connectivity index (χ4n) is 1.35. The van der Waals surface area contributed by atoms with Crippen LogP contribution in [0.2, 0.25) is 0 Å². The van der Waals surface area contributed by atoms with E-state index in [4.69, 9.17) is 21.9 Å².